The number of benzene rings is 1. The average Bonchev–Trinajstić information content (AvgIpc) is 2.40. The van der Waals surface area contributed by atoms with Crippen LogP contribution in [0.4, 0.5) is 0 Å². The molecule has 1 aromatic rings. The van der Waals surface area contributed by atoms with E-state index in [-0.39, 0.29) is 5.60 Å². The van der Waals surface area contributed by atoms with E-state index in [1.165, 1.54) is 17.5 Å². The lowest BCUT2D eigenvalue weighted by molar-refractivity contribution is -0.0295. The molecule has 2 nitrogen and oxygen atoms in total. The second kappa shape index (κ2) is 5.87. The number of aryl methyl sites for hydroxylation is 1. The lowest BCUT2D eigenvalue weighted by atomic mass is 9.64. The fraction of sp³-hybridized carbons (Fsp3) is 0.667. The smallest absolute Gasteiger partial charge is 0.0628 e. The van der Waals surface area contributed by atoms with Gasteiger partial charge in [0.25, 0.3) is 0 Å². The van der Waals surface area contributed by atoms with Gasteiger partial charge in [0.2, 0.25) is 0 Å². The second-order valence-electron chi connectivity index (χ2n) is 7.21. The zero-order chi connectivity index (χ0) is 14.8. The molecule has 1 heterocycles. The number of methoxy groups -OCH3 is 1. The Morgan fingerprint density at radius 3 is 2.55 bits per heavy atom. The minimum absolute atomic E-state index is 0.0605. The highest BCUT2D eigenvalue weighted by Crippen LogP contribution is 2.46. The van der Waals surface area contributed by atoms with Gasteiger partial charge in [-0.05, 0) is 51.1 Å². The first-order valence-corrected chi connectivity index (χ1v) is 7.69. The second-order valence-corrected chi connectivity index (χ2v) is 7.21. The molecule has 2 unspecified atom stereocenters. The first-order valence-electron chi connectivity index (χ1n) is 7.69. The van der Waals surface area contributed by atoms with Crippen LogP contribution in [0.1, 0.15) is 50.7 Å². The van der Waals surface area contributed by atoms with E-state index in [0.717, 1.165) is 19.5 Å². The fourth-order valence-electron chi connectivity index (χ4n) is 3.62. The van der Waals surface area contributed by atoms with Gasteiger partial charge in [0.05, 0.1) is 5.60 Å². The largest absolute Gasteiger partial charge is 0.379 e. The van der Waals surface area contributed by atoms with E-state index in [4.69, 9.17) is 4.74 Å². The van der Waals surface area contributed by atoms with Crippen molar-refractivity contribution in [3.8, 4) is 0 Å². The van der Waals surface area contributed by atoms with Crippen LogP contribution in [0.2, 0.25) is 0 Å². The SMILES string of the molecule is COC(C)(C)CC1(C)CCNCC1c1ccc(C)cc1. The molecule has 1 N–H and O–H groups in total. The van der Waals surface area contributed by atoms with Gasteiger partial charge in [0, 0.05) is 19.6 Å². The molecule has 0 bridgehead atoms. The molecule has 0 aliphatic carbocycles. The highest BCUT2D eigenvalue weighted by Gasteiger charge is 2.41. The van der Waals surface area contributed by atoms with Gasteiger partial charge in [-0.3, -0.25) is 0 Å². The van der Waals surface area contributed by atoms with Gasteiger partial charge in [-0.2, -0.15) is 0 Å². The van der Waals surface area contributed by atoms with E-state index in [1.807, 2.05) is 7.11 Å². The molecule has 1 fully saturated rings. The predicted molar refractivity (Wildman–Crippen MR) is 85.2 cm³/mol. The summed E-state index contributed by atoms with van der Waals surface area (Å²) in [6.45, 7) is 11.2. The van der Waals surface area contributed by atoms with E-state index in [9.17, 15) is 0 Å². The van der Waals surface area contributed by atoms with Gasteiger partial charge in [0.15, 0.2) is 0 Å². The molecule has 2 atom stereocenters. The van der Waals surface area contributed by atoms with Crippen molar-refractivity contribution < 1.29 is 4.74 Å². The minimum Gasteiger partial charge on any atom is -0.379 e. The van der Waals surface area contributed by atoms with Crippen molar-refractivity contribution in [3.05, 3.63) is 35.4 Å². The van der Waals surface area contributed by atoms with E-state index < -0.39 is 0 Å². The summed E-state index contributed by atoms with van der Waals surface area (Å²) in [6, 6.07) is 9.05. The van der Waals surface area contributed by atoms with Crippen molar-refractivity contribution in [2.75, 3.05) is 20.2 Å². The van der Waals surface area contributed by atoms with Crippen molar-refractivity contribution in [1.29, 1.82) is 0 Å². The van der Waals surface area contributed by atoms with E-state index in [0.29, 0.717) is 11.3 Å². The van der Waals surface area contributed by atoms with Crippen LogP contribution in [0.15, 0.2) is 24.3 Å². The molecule has 0 radical (unpaired) electrons. The maximum absolute atomic E-state index is 5.69. The van der Waals surface area contributed by atoms with Crippen molar-refractivity contribution >= 4 is 0 Å². The molecule has 2 heteroatoms. The number of ether oxygens (including phenoxy) is 1. The molecule has 0 saturated carbocycles. The van der Waals surface area contributed by atoms with Crippen molar-refractivity contribution in [2.45, 2.75) is 52.1 Å². The minimum atomic E-state index is -0.0605. The van der Waals surface area contributed by atoms with Crippen LogP contribution in [0.5, 0.6) is 0 Å². The van der Waals surface area contributed by atoms with Gasteiger partial charge >= 0.3 is 0 Å². The highest BCUT2D eigenvalue weighted by atomic mass is 16.5. The summed E-state index contributed by atoms with van der Waals surface area (Å²) in [4.78, 5) is 0. The quantitative estimate of drug-likeness (QED) is 0.900. The normalized spacial score (nSPS) is 27.6. The predicted octanol–water partition coefficient (Wildman–Crippen LogP) is 3.89. The molecular weight excluding hydrogens is 246 g/mol. The summed E-state index contributed by atoms with van der Waals surface area (Å²) in [7, 11) is 1.82. The number of piperidine rings is 1. The Bertz CT molecular complexity index is 437. The lowest BCUT2D eigenvalue weighted by Gasteiger charge is -2.46. The highest BCUT2D eigenvalue weighted by molar-refractivity contribution is 5.27. The summed E-state index contributed by atoms with van der Waals surface area (Å²) in [5.74, 6) is 0.561. The first-order chi connectivity index (χ1) is 9.36. The molecule has 1 aliphatic rings. The molecule has 0 aromatic heterocycles. The van der Waals surface area contributed by atoms with Crippen LogP contribution in [-0.2, 0) is 4.74 Å². The standard InChI is InChI=1S/C18H29NO/c1-14-6-8-15(9-7-14)16-12-19-11-10-18(16,4)13-17(2,3)20-5/h6-9,16,19H,10-13H2,1-5H3. The molecule has 0 amide bonds. The van der Waals surface area contributed by atoms with Crippen molar-refractivity contribution in [1.82, 2.24) is 5.32 Å². The molecule has 1 aliphatic heterocycles. The van der Waals surface area contributed by atoms with Crippen molar-refractivity contribution in [3.63, 3.8) is 0 Å². The van der Waals surface area contributed by atoms with Crippen LogP contribution in [-0.4, -0.2) is 25.8 Å². The summed E-state index contributed by atoms with van der Waals surface area (Å²) < 4.78 is 5.69. The number of rotatable bonds is 4. The molecule has 20 heavy (non-hydrogen) atoms. The monoisotopic (exact) mass is 275 g/mol. The Morgan fingerprint density at radius 1 is 1.30 bits per heavy atom. The van der Waals surface area contributed by atoms with Gasteiger partial charge in [0.1, 0.15) is 0 Å². The first kappa shape index (κ1) is 15.5. The Balaban J connectivity index is 2.26. The third kappa shape index (κ3) is 3.42. The molecule has 112 valence electrons. The topological polar surface area (TPSA) is 21.3 Å². The number of nitrogens with one attached hydrogen (secondary N) is 1. The third-order valence-corrected chi connectivity index (χ3v) is 4.92. The summed E-state index contributed by atoms with van der Waals surface area (Å²) in [5.41, 5.74) is 3.02. The van der Waals surface area contributed by atoms with E-state index in [2.05, 4.69) is 57.3 Å². The van der Waals surface area contributed by atoms with Gasteiger partial charge in [-0.25, -0.2) is 0 Å². The van der Waals surface area contributed by atoms with Crippen LogP contribution in [0.3, 0.4) is 0 Å². The zero-order valence-corrected chi connectivity index (χ0v) is 13.6. The Labute approximate surface area is 123 Å². The van der Waals surface area contributed by atoms with Crippen LogP contribution >= 0.6 is 0 Å². The molecule has 1 aromatic carbocycles. The van der Waals surface area contributed by atoms with Crippen LogP contribution in [0, 0.1) is 12.3 Å². The van der Waals surface area contributed by atoms with E-state index >= 15 is 0 Å². The molecule has 2 rings (SSSR count). The maximum atomic E-state index is 5.69. The Morgan fingerprint density at radius 2 is 1.95 bits per heavy atom. The molecular formula is C18H29NO. The summed E-state index contributed by atoms with van der Waals surface area (Å²) in [5, 5.41) is 3.57. The van der Waals surface area contributed by atoms with Crippen LogP contribution in [0.25, 0.3) is 0 Å². The fourth-order valence-corrected chi connectivity index (χ4v) is 3.62. The van der Waals surface area contributed by atoms with Gasteiger partial charge in [-0.1, -0.05) is 36.8 Å². The number of hydrogen-bond acceptors (Lipinski definition) is 2. The average molecular weight is 275 g/mol. The molecule has 1 saturated heterocycles. The third-order valence-electron chi connectivity index (χ3n) is 4.92. The zero-order valence-electron chi connectivity index (χ0n) is 13.6. The lowest BCUT2D eigenvalue weighted by Crippen LogP contribution is -2.45. The van der Waals surface area contributed by atoms with Gasteiger partial charge < -0.3 is 10.1 Å². The molecule has 0 spiro atoms. The number of hydrogen-bond donors (Lipinski definition) is 1. The van der Waals surface area contributed by atoms with Crippen molar-refractivity contribution in [2.24, 2.45) is 5.41 Å². The summed E-state index contributed by atoms with van der Waals surface area (Å²) in [6.07, 6.45) is 2.30. The Hall–Kier alpha value is -0.860. The van der Waals surface area contributed by atoms with Crippen LogP contribution < -0.4 is 5.32 Å². The van der Waals surface area contributed by atoms with Gasteiger partial charge in [-0.15, -0.1) is 0 Å². The Kier molecular flexibility index (Phi) is 4.55. The maximum Gasteiger partial charge on any atom is 0.0628 e. The summed E-state index contributed by atoms with van der Waals surface area (Å²) >= 11 is 0. The van der Waals surface area contributed by atoms with E-state index in [1.54, 1.807) is 0 Å².